The second-order valence-corrected chi connectivity index (χ2v) is 7.03. The summed E-state index contributed by atoms with van der Waals surface area (Å²) in [6.07, 6.45) is 5.57. The second-order valence-electron chi connectivity index (χ2n) is 7.03. The van der Waals surface area contributed by atoms with Crippen molar-refractivity contribution in [3.8, 4) is 0 Å². The van der Waals surface area contributed by atoms with Crippen LogP contribution in [-0.4, -0.2) is 23.7 Å². The first-order valence-electron chi connectivity index (χ1n) is 9.28. The molecule has 2 N–H and O–H groups in total. The number of carbonyl (C=O) groups is 1. The number of nitrogens with one attached hydrogen (secondary N) is 1. The summed E-state index contributed by atoms with van der Waals surface area (Å²) in [6, 6.07) is 19.8. The molecule has 2 unspecified atom stereocenters. The van der Waals surface area contributed by atoms with E-state index in [0.29, 0.717) is 18.4 Å². The van der Waals surface area contributed by atoms with Gasteiger partial charge in [0.15, 0.2) is 0 Å². The van der Waals surface area contributed by atoms with E-state index in [0.717, 1.165) is 18.5 Å². The Morgan fingerprint density at radius 1 is 0.960 bits per heavy atom. The van der Waals surface area contributed by atoms with E-state index in [1.165, 1.54) is 30.4 Å². The first kappa shape index (κ1) is 17.7. The molecule has 1 aliphatic carbocycles. The molecule has 3 heteroatoms. The molecule has 0 aliphatic heterocycles. The number of aryl methyl sites for hydroxylation is 1. The zero-order valence-corrected chi connectivity index (χ0v) is 14.7. The van der Waals surface area contributed by atoms with Gasteiger partial charge in [-0.15, -0.1) is 0 Å². The fourth-order valence-electron chi connectivity index (χ4n) is 3.74. The van der Waals surface area contributed by atoms with E-state index in [2.05, 4.69) is 59.9 Å². The third kappa shape index (κ3) is 5.43. The number of carboxylic acid groups (broad SMARTS) is 1. The van der Waals surface area contributed by atoms with Crippen LogP contribution in [0.15, 0.2) is 54.6 Å². The lowest BCUT2D eigenvalue weighted by Crippen LogP contribution is -2.28. The molecule has 1 saturated carbocycles. The SMILES string of the molecule is O=C(O)CCc1ccc(C2CCC(NCCc3ccccc3)C2)cc1. The predicted molar refractivity (Wildman–Crippen MR) is 101 cm³/mol. The maximum atomic E-state index is 10.7. The van der Waals surface area contributed by atoms with Crippen molar-refractivity contribution >= 4 is 5.97 Å². The van der Waals surface area contributed by atoms with Gasteiger partial charge in [0.1, 0.15) is 0 Å². The molecule has 3 rings (SSSR count). The summed E-state index contributed by atoms with van der Waals surface area (Å²) >= 11 is 0. The Bertz CT molecular complexity index is 666. The van der Waals surface area contributed by atoms with Gasteiger partial charge in [-0.05, 0) is 61.3 Å². The van der Waals surface area contributed by atoms with E-state index in [1.807, 2.05) is 0 Å². The Morgan fingerprint density at radius 3 is 2.40 bits per heavy atom. The Morgan fingerprint density at radius 2 is 1.68 bits per heavy atom. The maximum absolute atomic E-state index is 10.7. The van der Waals surface area contributed by atoms with Crippen LogP contribution in [0, 0.1) is 0 Å². The molecule has 0 spiro atoms. The Hall–Kier alpha value is -2.13. The number of benzene rings is 2. The maximum Gasteiger partial charge on any atom is 0.303 e. The summed E-state index contributed by atoms with van der Waals surface area (Å²) in [7, 11) is 0. The summed E-state index contributed by atoms with van der Waals surface area (Å²) in [5.74, 6) is -0.105. The van der Waals surface area contributed by atoms with Crippen LogP contribution in [0.4, 0.5) is 0 Å². The first-order chi connectivity index (χ1) is 12.2. The molecule has 0 amide bonds. The van der Waals surface area contributed by atoms with Gasteiger partial charge in [0, 0.05) is 12.5 Å². The van der Waals surface area contributed by atoms with Crippen molar-refractivity contribution in [3.63, 3.8) is 0 Å². The lowest BCUT2D eigenvalue weighted by Gasteiger charge is -2.14. The normalized spacial score (nSPS) is 19.8. The quantitative estimate of drug-likeness (QED) is 0.760. The fraction of sp³-hybridized carbons (Fsp3) is 0.409. The number of carboxylic acids is 1. The van der Waals surface area contributed by atoms with Crippen molar-refractivity contribution in [3.05, 3.63) is 71.3 Å². The first-order valence-corrected chi connectivity index (χ1v) is 9.28. The molecule has 2 aromatic carbocycles. The highest BCUT2D eigenvalue weighted by Gasteiger charge is 2.25. The lowest BCUT2D eigenvalue weighted by molar-refractivity contribution is -0.136. The molecule has 1 fully saturated rings. The van der Waals surface area contributed by atoms with Gasteiger partial charge in [-0.1, -0.05) is 54.6 Å². The van der Waals surface area contributed by atoms with Gasteiger partial charge < -0.3 is 10.4 Å². The molecule has 1 aliphatic rings. The van der Waals surface area contributed by atoms with Crippen LogP contribution < -0.4 is 5.32 Å². The van der Waals surface area contributed by atoms with Crippen LogP contribution in [0.2, 0.25) is 0 Å². The van der Waals surface area contributed by atoms with Crippen molar-refractivity contribution in [1.82, 2.24) is 5.32 Å². The van der Waals surface area contributed by atoms with Gasteiger partial charge in [-0.25, -0.2) is 0 Å². The molecule has 0 saturated heterocycles. The summed E-state index contributed by atoms with van der Waals surface area (Å²) < 4.78 is 0. The number of rotatable bonds is 8. The fourth-order valence-corrected chi connectivity index (χ4v) is 3.74. The largest absolute Gasteiger partial charge is 0.481 e. The van der Waals surface area contributed by atoms with E-state index < -0.39 is 5.97 Å². The third-order valence-electron chi connectivity index (χ3n) is 5.20. The molecule has 25 heavy (non-hydrogen) atoms. The smallest absolute Gasteiger partial charge is 0.303 e. The Kier molecular flexibility index (Phi) is 6.24. The molecule has 2 aromatic rings. The average Bonchev–Trinajstić information content (AvgIpc) is 3.10. The van der Waals surface area contributed by atoms with Crippen LogP contribution in [0.5, 0.6) is 0 Å². The van der Waals surface area contributed by atoms with Crippen molar-refractivity contribution in [2.24, 2.45) is 0 Å². The zero-order valence-electron chi connectivity index (χ0n) is 14.7. The van der Waals surface area contributed by atoms with Gasteiger partial charge in [0.2, 0.25) is 0 Å². The molecule has 2 atom stereocenters. The molecule has 0 radical (unpaired) electrons. The van der Waals surface area contributed by atoms with E-state index in [-0.39, 0.29) is 6.42 Å². The van der Waals surface area contributed by atoms with E-state index in [9.17, 15) is 4.79 Å². The minimum Gasteiger partial charge on any atom is -0.481 e. The van der Waals surface area contributed by atoms with Crippen LogP contribution in [0.3, 0.4) is 0 Å². The van der Waals surface area contributed by atoms with Crippen molar-refractivity contribution < 1.29 is 9.90 Å². The van der Waals surface area contributed by atoms with E-state index in [1.54, 1.807) is 0 Å². The molecule has 0 bridgehead atoms. The minimum atomic E-state index is -0.732. The highest BCUT2D eigenvalue weighted by Crippen LogP contribution is 2.34. The van der Waals surface area contributed by atoms with Crippen LogP contribution in [-0.2, 0) is 17.6 Å². The van der Waals surface area contributed by atoms with Gasteiger partial charge in [0.05, 0.1) is 0 Å². The second kappa shape index (κ2) is 8.82. The van der Waals surface area contributed by atoms with Gasteiger partial charge in [-0.3, -0.25) is 4.79 Å². The number of aliphatic carboxylic acids is 1. The van der Waals surface area contributed by atoms with E-state index in [4.69, 9.17) is 5.11 Å². The molecular formula is C22H27NO2. The highest BCUT2D eigenvalue weighted by molar-refractivity contribution is 5.67. The van der Waals surface area contributed by atoms with Crippen molar-refractivity contribution in [1.29, 1.82) is 0 Å². The van der Waals surface area contributed by atoms with Crippen molar-refractivity contribution in [2.75, 3.05) is 6.54 Å². The standard InChI is InChI=1S/C22H27NO2/c24-22(25)13-8-18-6-9-19(10-7-18)20-11-12-21(16-20)23-15-14-17-4-2-1-3-5-17/h1-7,9-10,20-21,23H,8,11-16H2,(H,24,25). The average molecular weight is 337 g/mol. The van der Waals surface area contributed by atoms with Crippen molar-refractivity contribution in [2.45, 2.75) is 50.5 Å². The summed E-state index contributed by atoms with van der Waals surface area (Å²) in [6.45, 7) is 1.04. The summed E-state index contributed by atoms with van der Waals surface area (Å²) in [5, 5.41) is 12.5. The van der Waals surface area contributed by atoms with Gasteiger partial charge >= 0.3 is 5.97 Å². The molecule has 0 heterocycles. The number of hydrogen-bond donors (Lipinski definition) is 2. The molecule has 132 valence electrons. The monoisotopic (exact) mass is 337 g/mol. The number of hydrogen-bond acceptors (Lipinski definition) is 2. The third-order valence-corrected chi connectivity index (χ3v) is 5.20. The molecule has 3 nitrogen and oxygen atoms in total. The topological polar surface area (TPSA) is 49.3 Å². The van der Waals surface area contributed by atoms with Crippen LogP contribution >= 0.6 is 0 Å². The summed E-state index contributed by atoms with van der Waals surface area (Å²) in [5.41, 5.74) is 3.90. The predicted octanol–water partition coefficient (Wildman–Crippen LogP) is 4.17. The molecular weight excluding hydrogens is 310 g/mol. The highest BCUT2D eigenvalue weighted by atomic mass is 16.4. The van der Waals surface area contributed by atoms with Crippen LogP contribution in [0.25, 0.3) is 0 Å². The summed E-state index contributed by atoms with van der Waals surface area (Å²) in [4.78, 5) is 10.7. The van der Waals surface area contributed by atoms with E-state index >= 15 is 0 Å². The lowest BCUT2D eigenvalue weighted by atomic mass is 9.95. The van der Waals surface area contributed by atoms with Gasteiger partial charge in [0.25, 0.3) is 0 Å². The van der Waals surface area contributed by atoms with Crippen LogP contribution in [0.1, 0.15) is 48.3 Å². The molecule has 0 aromatic heterocycles. The minimum absolute atomic E-state index is 0.205. The Balaban J connectivity index is 1.43. The zero-order chi connectivity index (χ0) is 17.5. The Labute approximate surface area is 150 Å². The van der Waals surface area contributed by atoms with Gasteiger partial charge in [-0.2, -0.15) is 0 Å².